The van der Waals surface area contributed by atoms with Crippen LogP contribution in [0.2, 0.25) is 0 Å². The van der Waals surface area contributed by atoms with Crippen LogP contribution in [0.5, 0.6) is 0 Å². The van der Waals surface area contributed by atoms with Crippen LogP contribution in [0.1, 0.15) is 26.7 Å². The van der Waals surface area contributed by atoms with E-state index in [9.17, 15) is 4.79 Å². The van der Waals surface area contributed by atoms with E-state index in [0.717, 1.165) is 25.2 Å². The second-order valence-electron chi connectivity index (χ2n) is 3.35. The highest BCUT2D eigenvalue weighted by Crippen LogP contribution is 2.04. The van der Waals surface area contributed by atoms with Crippen LogP contribution in [-0.2, 0) is 9.53 Å². The van der Waals surface area contributed by atoms with E-state index in [2.05, 4.69) is 5.32 Å². The van der Waals surface area contributed by atoms with Crippen LogP contribution in [-0.4, -0.2) is 37.2 Å². The van der Waals surface area contributed by atoms with Gasteiger partial charge >= 0.3 is 0 Å². The SMILES string of the molecule is CNC(=O)CSCCCCOC(C)C. The predicted molar refractivity (Wildman–Crippen MR) is 61.7 cm³/mol. The molecular weight excluding hydrogens is 198 g/mol. The molecule has 0 atom stereocenters. The molecule has 0 aromatic carbocycles. The van der Waals surface area contributed by atoms with Crippen molar-refractivity contribution >= 4 is 17.7 Å². The number of thioether (sulfide) groups is 1. The van der Waals surface area contributed by atoms with Gasteiger partial charge in [-0.15, -0.1) is 0 Å². The molecule has 0 radical (unpaired) electrons. The third-order valence-corrected chi connectivity index (χ3v) is 2.69. The van der Waals surface area contributed by atoms with Crippen LogP contribution < -0.4 is 5.32 Å². The second-order valence-corrected chi connectivity index (χ2v) is 4.46. The molecule has 84 valence electrons. The van der Waals surface area contributed by atoms with E-state index in [1.165, 1.54) is 0 Å². The van der Waals surface area contributed by atoms with Crippen molar-refractivity contribution in [2.75, 3.05) is 25.2 Å². The topological polar surface area (TPSA) is 38.3 Å². The molecule has 0 heterocycles. The number of carbonyl (C=O) groups is 1. The molecule has 0 aromatic rings. The maximum absolute atomic E-state index is 10.8. The van der Waals surface area contributed by atoms with Crippen molar-refractivity contribution in [1.29, 1.82) is 0 Å². The molecule has 1 N–H and O–H groups in total. The lowest BCUT2D eigenvalue weighted by Gasteiger charge is -2.06. The van der Waals surface area contributed by atoms with Crippen LogP contribution >= 0.6 is 11.8 Å². The van der Waals surface area contributed by atoms with Crippen molar-refractivity contribution in [1.82, 2.24) is 5.32 Å². The van der Waals surface area contributed by atoms with Gasteiger partial charge in [-0.3, -0.25) is 4.79 Å². The summed E-state index contributed by atoms with van der Waals surface area (Å²) in [6, 6.07) is 0. The first-order valence-electron chi connectivity index (χ1n) is 5.06. The number of ether oxygens (including phenoxy) is 1. The maximum atomic E-state index is 10.8. The van der Waals surface area contributed by atoms with Crippen LogP contribution in [0.4, 0.5) is 0 Å². The molecular formula is C10H21NO2S. The lowest BCUT2D eigenvalue weighted by Crippen LogP contribution is -2.19. The van der Waals surface area contributed by atoms with Gasteiger partial charge in [-0.05, 0) is 32.4 Å². The van der Waals surface area contributed by atoms with E-state index < -0.39 is 0 Å². The van der Waals surface area contributed by atoms with Gasteiger partial charge in [0, 0.05) is 13.7 Å². The van der Waals surface area contributed by atoms with Gasteiger partial charge in [0.1, 0.15) is 0 Å². The number of hydrogen-bond donors (Lipinski definition) is 1. The smallest absolute Gasteiger partial charge is 0.229 e. The van der Waals surface area contributed by atoms with Gasteiger partial charge in [0.05, 0.1) is 11.9 Å². The molecule has 0 rings (SSSR count). The Hall–Kier alpha value is -0.220. The van der Waals surface area contributed by atoms with Crippen LogP contribution in [0.15, 0.2) is 0 Å². The quantitative estimate of drug-likeness (QED) is 0.631. The summed E-state index contributed by atoms with van der Waals surface area (Å²) in [7, 11) is 1.67. The van der Waals surface area contributed by atoms with Crippen molar-refractivity contribution in [2.24, 2.45) is 0 Å². The van der Waals surface area contributed by atoms with Gasteiger partial charge in [-0.25, -0.2) is 0 Å². The summed E-state index contributed by atoms with van der Waals surface area (Å²) in [5.74, 6) is 1.71. The Bertz CT molecular complexity index is 151. The molecule has 3 nitrogen and oxygen atoms in total. The zero-order valence-corrected chi connectivity index (χ0v) is 10.2. The van der Waals surface area contributed by atoms with Gasteiger partial charge in [0.2, 0.25) is 5.91 Å². The van der Waals surface area contributed by atoms with E-state index in [1.807, 2.05) is 13.8 Å². The minimum Gasteiger partial charge on any atom is -0.379 e. The highest BCUT2D eigenvalue weighted by molar-refractivity contribution is 7.99. The Balaban J connectivity index is 3.03. The number of carbonyl (C=O) groups excluding carboxylic acids is 1. The average molecular weight is 219 g/mol. The van der Waals surface area contributed by atoms with Crippen LogP contribution in [0.25, 0.3) is 0 Å². The predicted octanol–water partition coefficient (Wildman–Crippen LogP) is 1.67. The molecule has 0 aliphatic heterocycles. The number of amides is 1. The highest BCUT2D eigenvalue weighted by atomic mass is 32.2. The van der Waals surface area contributed by atoms with Gasteiger partial charge in [-0.2, -0.15) is 11.8 Å². The molecule has 4 heteroatoms. The Labute approximate surface area is 91.0 Å². The first kappa shape index (κ1) is 13.8. The number of unbranched alkanes of at least 4 members (excludes halogenated alkanes) is 1. The summed E-state index contributed by atoms with van der Waals surface area (Å²) < 4.78 is 5.40. The molecule has 0 spiro atoms. The summed E-state index contributed by atoms with van der Waals surface area (Å²) in [4.78, 5) is 10.8. The van der Waals surface area contributed by atoms with Crippen molar-refractivity contribution < 1.29 is 9.53 Å². The zero-order valence-electron chi connectivity index (χ0n) is 9.34. The summed E-state index contributed by atoms with van der Waals surface area (Å²) >= 11 is 1.68. The summed E-state index contributed by atoms with van der Waals surface area (Å²) in [6.45, 7) is 4.92. The van der Waals surface area contributed by atoms with E-state index in [1.54, 1.807) is 18.8 Å². The monoisotopic (exact) mass is 219 g/mol. The second kappa shape index (κ2) is 9.34. The van der Waals surface area contributed by atoms with Crippen LogP contribution in [0, 0.1) is 0 Å². The van der Waals surface area contributed by atoms with Crippen molar-refractivity contribution in [2.45, 2.75) is 32.8 Å². The molecule has 0 fully saturated rings. The molecule has 0 unspecified atom stereocenters. The molecule has 0 bridgehead atoms. The standard InChI is InChI=1S/C10H21NO2S/c1-9(2)13-6-4-5-7-14-8-10(12)11-3/h9H,4-8H2,1-3H3,(H,11,12). The Morgan fingerprint density at radius 1 is 1.43 bits per heavy atom. The number of nitrogens with one attached hydrogen (secondary N) is 1. The largest absolute Gasteiger partial charge is 0.379 e. The Morgan fingerprint density at radius 3 is 2.71 bits per heavy atom. The molecule has 1 amide bonds. The lowest BCUT2D eigenvalue weighted by atomic mass is 10.3. The van der Waals surface area contributed by atoms with Gasteiger partial charge in [0.25, 0.3) is 0 Å². The summed E-state index contributed by atoms with van der Waals surface area (Å²) in [6.07, 6.45) is 2.53. The minimum absolute atomic E-state index is 0.105. The van der Waals surface area contributed by atoms with Crippen LogP contribution in [0.3, 0.4) is 0 Å². The van der Waals surface area contributed by atoms with E-state index in [-0.39, 0.29) is 5.91 Å². The fourth-order valence-electron chi connectivity index (χ4n) is 0.862. The third kappa shape index (κ3) is 9.86. The molecule has 0 aliphatic rings. The fraction of sp³-hybridized carbons (Fsp3) is 0.900. The lowest BCUT2D eigenvalue weighted by molar-refractivity contribution is -0.118. The number of hydrogen-bond acceptors (Lipinski definition) is 3. The van der Waals surface area contributed by atoms with Crippen molar-refractivity contribution in [3.05, 3.63) is 0 Å². The van der Waals surface area contributed by atoms with Gasteiger partial charge in [0.15, 0.2) is 0 Å². The maximum Gasteiger partial charge on any atom is 0.229 e. The molecule has 0 aliphatic carbocycles. The fourth-order valence-corrected chi connectivity index (χ4v) is 1.74. The van der Waals surface area contributed by atoms with Gasteiger partial charge in [-0.1, -0.05) is 0 Å². The van der Waals surface area contributed by atoms with Gasteiger partial charge < -0.3 is 10.1 Å². The molecule has 0 saturated heterocycles. The first-order valence-corrected chi connectivity index (χ1v) is 6.22. The third-order valence-electron chi connectivity index (χ3n) is 1.65. The van der Waals surface area contributed by atoms with Crippen molar-refractivity contribution in [3.63, 3.8) is 0 Å². The Kier molecular flexibility index (Phi) is 9.19. The van der Waals surface area contributed by atoms with Crippen molar-refractivity contribution in [3.8, 4) is 0 Å². The average Bonchev–Trinajstić information content (AvgIpc) is 2.15. The zero-order chi connectivity index (χ0) is 10.8. The normalized spacial score (nSPS) is 10.6. The highest BCUT2D eigenvalue weighted by Gasteiger charge is 1.97. The van der Waals surface area contributed by atoms with E-state index >= 15 is 0 Å². The molecule has 0 aromatic heterocycles. The summed E-state index contributed by atoms with van der Waals surface area (Å²) in [5.41, 5.74) is 0. The molecule has 0 saturated carbocycles. The minimum atomic E-state index is 0.105. The van der Waals surface area contributed by atoms with E-state index in [0.29, 0.717) is 11.9 Å². The number of rotatable bonds is 8. The summed E-state index contributed by atoms with van der Waals surface area (Å²) in [5, 5.41) is 2.60. The Morgan fingerprint density at radius 2 is 2.14 bits per heavy atom. The molecule has 14 heavy (non-hydrogen) atoms. The first-order chi connectivity index (χ1) is 6.66. The van der Waals surface area contributed by atoms with E-state index in [4.69, 9.17) is 4.74 Å².